The molecule has 0 unspecified atom stereocenters. The Morgan fingerprint density at radius 3 is 2.45 bits per heavy atom. The second-order valence-corrected chi connectivity index (χ2v) is 8.22. The van der Waals surface area contributed by atoms with E-state index in [9.17, 15) is 4.79 Å². The van der Waals surface area contributed by atoms with Gasteiger partial charge < -0.3 is 15.5 Å². The van der Waals surface area contributed by atoms with Crippen LogP contribution in [-0.4, -0.2) is 36.0 Å². The van der Waals surface area contributed by atoms with Gasteiger partial charge in [0.25, 0.3) is 0 Å². The van der Waals surface area contributed by atoms with Gasteiger partial charge in [-0.2, -0.15) is 4.98 Å². The zero-order chi connectivity index (χ0) is 20.8. The molecule has 0 bridgehead atoms. The largest absolute Gasteiger partial charge is 0.362 e. The molecule has 2 N–H and O–H groups in total. The summed E-state index contributed by atoms with van der Waals surface area (Å²) in [6.45, 7) is 4.19. The van der Waals surface area contributed by atoms with Crippen LogP contribution in [0.3, 0.4) is 0 Å². The van der Waals surface area contributed by atoms with Crippen molar-refractivity contribution in [2.24, 2.45) is 5.92 Å². The lowest BCUT2D eigenvalue weighted by atomic mass is 9.85. The van der Waals surface area contributed by atoms with Crippen LogP contribution in [0.1, 0.15) is 50.2 Å². The fourth-order valence-electron chi connectivity index (χ4n) is 3.93. The zero-order valence-electron chi connectivity index (χ0n) is 18.0. The second-order valence-electron chi connectivity index (χ2n) is 8.22. The van der Waals surface area contributed by atoms with Gasteiger partial charge in [0.1, 0.15) is 5.82 Å². The van der Waals surface area contributed by atoms with E-state index in [1.54, 1.807) is 0 Å². The van der Waals surface area contributed by atoms with Crippen molar-refractivity contribution >= 4 is 23.4 Å². The van der Waals surface area contributed by atoms with Crippen LogP contribution in [-0.2, 0) is 11.2 Å². The van der Waals surface area contributed by atoms with Gasteiger partial charge in [0.2, 0.25) is 11.9 Å². The Kier molecular flexibility index (Phi) is 7.07. The molecule has 1 heterocycles. The Morgan fingerprint density at radius 2 is 1.83 bits per heavy atom. The number of nitrogens with one attached hydrogen (secondary N) is 2. The number of anilines is 3. The van der Waals surface area contributed by atoms with E-state index < -0.39 is 0 Å². The summed E-state index contributed by atoms with van der Waals surface area (Å²) in [5.74, 6) is 1.80. The number of carbonyl (C=O) groups is 1. The molecular formula is C23H33N5O. The number of carbonyl (C=O) groups excluding carboxylic acids is 1. The molecule has 6 heteroatoms. The van der Waals surface area contributed by atoms with Crippen molar-refractivity contribution in [1.82, 2.24) is 9.97 Å². The van der Waals surface area contributed by atoms with Crippen molar-refractivity contribution in [1.29, 1.82) is 0 Å². The van der Waals surface area contributed by atoms with E-state index in [4.69, 9.17) is 0 Å². The molecule has 2 aromatic rings. The molecule has 0 saturated heterocycles. The Labute approximate surface area is 174 Å². The van der Waals surface area contributed by atoms with Gasteiger partial charge in [-0.3, -0.25) is 4.79 Å². The van der Waals surface area contributed by atoms with Gasteiger partial charge in [-0.05, 0) is 56.7 Å². The third-order valence-electron chi connectivity index (χ3n) is 5.56. The highest BCUT2D eigenvalue weighted by atomic mass is 16.1. The Bertz CT molecular complexity index is 811. The van der Waals surface area contributed by atoms with E-state index in [1.807, 2.05) is 44.2 Å². The van der Waals surface area contributed by atoms with Crippen LogP contribution in [0.25, 0.3) is 0 Å². The Balaban J connectivity index is 1.49. The van der Waals surface area contributed by atoms with Gasteiger partial charge in [0, 0.05) is 43.5 Å². The maximum absolute atomic E-state index is 12.6. The highest BCUT2D eigenvalue weighted by Crippen LogP contribution is 2.28. The molecule has 1 aromatic carbocycles. The van der Waals surface area contributed by atoms with Crippen LogP contribution >= 0.6 is 0 Å². The summed E-state index contributed by atoms with van der Waals surface area (Å²) in [7, 11) is 3.97. The molecule has 1 fully saturated rings. The van der Waals surface area contributed by atoms with E-state index in [-0.39, 0.29) is 11.8 Å². The maximum atomic E-state index is 12.6. The molecule has 6 nitrogen and oxygen atoms in total. The minimum absolute atomic E-state index is 0.0691. The Hall–Kier alpha value is -2.63. The number of amides is 1. The quantitative estimate of drug-likeness (QED) is 0.726. The van der Waals surface area contributed by atoms with Crippen LogP contribution in [0.2, 0.25) is 0 Å². The number of aromatic nitrogens is 2. The predicted molar refractivity (Wildman–Crippen MR) is 120 cm³/mol. The van der Waals surface area contributed by atoms with E-state index in [1.165, 1.54) is 5.56 Å². The SMILES string of the molecule is CCCc1ccc(NC(=O)C2CCC(Nc3ncc(C)c(N(C)C)n3)CC2)cc1. The standard InChI is InChI=1S/C23H33N5O/c1-5-6-17-7-11-19(12-8-17)25-22(29)18-9-13-20(14-10-18)26-23-24-15-16(2)21(27-23)28(3)4/h7-8,11-12,15,18,20H,5-6,9-10,13-14H2,1-4H3,(H,25,29)(H,24,26,27). The van der Waals surface area contributed by atoms with Crippen LogP contribution in [0.4, 0.5) is 17.5 Å². The number of aryl methyl sites for hydroxylation is 2. The minimum atomic E-state index is 0.0691. The molecule has 1 aromatic heterocycles. The molecule has 0 spiro atoms. The van der Waals surface area contributed by atoms with Gasteiger partial charge in [0.05, 0.1) is 0 Å². The number of nitrogens with zero attached hydrogens (tertiary/aromatic N) is 3. The molecule has 3 rings (SSSR count). The number of hydrogen-bond donors (Lipinski definition) is 2. The molecular weight excluding hydrogens is 362 g/mol. The second kappa shape index (κ2) is 9.72. The molecule has 1 aliphatic rings. The number of rotatable bonds is 7. The average Bonchev–Trinajstić information content (AvgIpc) is 2.71. The molecule has 1 amide bonds. The highest BCUT2D eigenvalue weighted by molar-refractivity contribution is 5.92. The van der Waals surface area contributed by atoms with Crippen molar-refractivity contribution in [3.63, 3.8) is 0 Å². The average molecular weight is 396 g/mol. The van der Waals surface area contributed by atoms with Crippen LogP contribution < -0.4 is 15.5 Å². The van der Waals surface area contributed by atoms with Crippen molar-refractivity contribution in [2.45, 2.75) is 58.4 Å². The van der Waals surface area contributed by atoms with E-state index in [0.29, 0.717) is 12.0 Å². The molecule has 1 saturated carbocycles. The van der Waals surface area contributed by atoms with Gasteiger partial charge in [-0.15, -0.1) is 0 Å². The number of hydrogen-bond acceptors (Lipinski definition) is 5. The molecule has 0 atom stereocenters. The lowest BCUT2D eigenvalue weighted by Gasteiger charge is -2.28. The molecule has 29 heavy (non-hydrogen) atoms. The third-order valence-corrected chi connectivity index (χ3v) is 5.56. The monoisotopic (exact) mass is 395 g/mol. The first-order chi connectivity index (χ1) is 14.0. The van der Waals surface area contributed by atoms with Crippen molar-refractivity contribution in [3.05, 3.63) is 41.6 Å². The summed E-state index contributed by atoms with van der Waals surface area (Å²) in [4.78, 5) is 23.7. The maximum Gasteiger partial charge on any atom is 0.227 e. The smallest absolute Gasteiger partial charge is 0.227 e. The highest BCUT2D eigenvalue weighted by Gasteiger charge is 2.26. The zero-order valence-corrected chi connectivity index (χ0v) is 18.0. The van der Waals surface area contributed by atoms with Gasteiger partial charge in [-0.1, -0.05) is 25.5 Å². The van der Waals surface area contributed by atoms with Gasteiger partial charge >= 0.3 is 0 Å². The number of benzene rings is 1. The van der Waals surface area contributed by atoms with Crippen LogP contribution in [0.5, 0.6) is 0 Å². The van der Waals surface area contributed by atoms with Crippen molar-refractivity contribution in [3.8, 4) is 0 Å². The fraction of sp³-hybridized carbons (Fsp3) is 0.522. The third kappa shape index (κ3) is 5.68. The minimum Gasteiger partial charge on any atom is -0.362 e. The predicted octanol–water partition coefficient (Wildman–Crippen LogP) is 4.41. The Morgan fingerprint density at radius 1 is 1.14 bits per heavy atom. The van der Waals surface area contributed by atoms with Gasteiger partial charge in [0.15, 0.2) is 0 Å². The summed E-state index contributed by atoms with van der Waals surface area (Å²) in [5.41, 5.74) is 3.26. The summed E-state index contributed by atoms with van der Waals surface area (Å²) in [6.07, 6.45) is 7.71. The molecule has 1 aliphatic carbocycles. The first-order valence-corrected chi connectivity index (χ1v) is 10.6. The molecule has 156 valence electrons. The summed E-state index contributed by atoms with van der Waals surface area (Å²) >= 11 is 0. The van der Waals surface area contributed by atoms with E-state index >= 15 is 0 Å². The van der Waals surface area contributed by atoms with E-state index in [2.05, 4.69) is 39.7 Å². The lowest BCUT2D eigenvalue weighted by Crippen LogP contribution is -2.32. The van der Waals surface area contributed by atoms with Crippen molar-refractivity contribution in [2.75, 3.05) is 29.6 Å². The summed E-state index contributed by atoms with van der Waals surface area (Å²) in [5, 5.41) is 6.53. The normalized spacial score (nSPS) is 18.9. The topological polar surface area (TPSA) is 70.2 Å². The molecule has 0 radical (unpaired) electrons. The van der Waals surface area contributed by atoms with Gasteiger partial charge in [-0.25, -0.2) is 4.98 Å². The van der Waals surface area contributed by atoms with Crippen LogP contribution in [0.15, 0.2) is 30.5 Å². The summed E-state index contributed by atoms with van der Waals surface area (Å²) in [6, 6.07) is 8.53. The molecule has 0 aliphatic heterocycles. The van der Waals surface area contributed by atoms with E-state index in [0.717, 1.165) is 55.6 Å². The fourth-order valence-corrected chi connectivity index (χ4v) is 3.93. The van der Waals surface area contributed by atoms with Crippen LogP contribution in [0, 0.1) is 12.8 Å². The lowest BCUT2D eigenvalue weighted by molar-refractivity contribution is -0.120. The first kappa shape index (κ1) is 21.1. The first-order valence-electron chi connectivity index (χ1n) is 10.6. The van der Waals surface area contributed by atoms with Crippen molar-refractivity contribution < 1.29 is 4.79 Å². The summed E-state index contributed by atoms with van der Waals surface area (Å²) < 4.78 is 0.